The number of ether oxygens (including phenoxy) is 2. The number of benzene rings is 2. The first-order valence-corrected chi connectivity index (χ1v) is 11.6. The van der Waals surface area contributed by atoms with Gasteiger partial charge >= 0.3 is 0 Å². The van der Waals surface area contributed by atoms with Crippen LogP contribution >= 0.6 is 0 Å². The Morgan fingerprint density at radius 1 is 1.17 bits per heavy atom. The summed E-state index contributed by atoms with van der Waals surface area (Å²) in [5.74, 6) is 1.89. The fourth-order valence-corrected chi connectivity index (χ4v) is 6.32. The lowest BCUT2D eigenvalue weighted by molar-refractivity contribution is -0.131. The van der Waals surface area contributed by atoms with Crippen LogP contribution in [0.3, 0.4) is 0 Å². The van der Waals surface area contributed by atoms with Gasteiger partial charge in [-0.2, -0.15) is 0 Å². The normalized spacial score (nSPS) is 32.8. The van der Waals surface area contributed by atoms with Gasteiger partial charge in [0.15, 0.2) is 0 Å². The Morgan fingerprint density at radius 3 is 2.83 bits per heavy atom. The molecule has 2 aliphatic carbocycles. The van der Waals surface area contributed by atoms with E-state index in [2.05, 4.69) is 58.7 Å². The van der Waals surface area contributed by atoms with Gasteiger partial charge < -0.3 is 14.8 Å². The molecule has 3 fully saturated rings. The number of anilines is 1. The molecule has 6 rings (SSSR count). The van der Waals surface area contributed by atoms with E-state index in [-0.39, 0.29) is 5.41 Å². The Balaban J connectivity index is 1.35. The molecular formula is C26H32N2O2. The second kappa shape index (κ2) is 7.28. The number of hydrogen-bond donors (Lipinski definition) is 1. The molecule has 4 nitrogen and oxygen atoms in total. The topological polar surface area (TPSA) is 33.7 Å². The quantitative estimate of drug-likeness (QED) is 0.808. The van der Waals surface area contributed by atoms with E-state index in [0.29, 0.717) is 18.2 Å². The summed E-state index contributed by atoms with van der Waals surface area (Å²) in [5.41, 5.74) is 4.25. The zero-order valence-electron chi connectivity index (χ0n) is 17.8. The van der Waals surface area contributed by atoms with E-state index >= 15 is 0 Å². The Kier molecular flexibility index (Phi) is 4.54. The lowest BCUT2D eigenvalue weighted by Gasteiger charge is -2.59. The van der Waals surface area contributed by atoms with Crippen LogP contribution in [0.2, 0.25) is 0 Å². The summed E-state index contributed by atoms with van der Waals surface area (Å²) in [4.78, 5) is 2.76. The number of nitrogens with zero attached hydrogens (tertiary/aromatic N) is 1. The van der Waals surface area contributed by atoms with Crippen molar-refractivity contribution in [2.75, 3.05) is 32.1 Å². The van der Waals surface area contributed by atoms with Crippen LogP contribution in [-0.2, 0) is 16.6 Å². The minimum Gasteiger partial charge on any atom is -0.497 e. The molecule has 30 heavy (non-hydrogen) atoms. The van der Waals surface area contributed by atoms with Gasteiger partial charge in [0, 0.05) is 23.7 Å². The van der Waals surface area contributed by atoms with Crippen molar-refractivity contribution in [3.63, 3.8) is 0 Å². The zero-order valence-corrected chi connectivity index (χ0v) is 17.8. The predicted molar refractivity (Wildman–Crippen MR) is 119 cm³/mol. The lowest BCUT2D eigenvalue weighted by atomic mass is 9.58. The van der Waals surface area contributed by atoms with E-state index in [9.17, 15) is 0 Å². The molecule has 1 N–H and O–H groups in total. The van der Waals surface area contributed by atoms with E-state index < -0.39 is 0 Å². The van der Waals surface area contributed by atoms with Gasteiger partial charge in [0.25, 0.3) is 0 Å². The Bertz CT molecular complexity index is 913. The molecule has 0 radical (unpaired) electrons. The molecule has 4 atom stereocenters. The number of nitrogens with one attached hydrogen (secondary N) is 1. The molecule has 4 heteroatoms. The second-order valence-corrected chi connectivity index (χ2v) is 9.80. The highest BCUT2D eigenvalue weighted by Crippen LogP contribution is 2.52. The molecule has 2 heterocycles. The van der Waals surface area contributed by atoms with Crippen molar-refractivity contribution in [1.29, 1.82) is 0 Å². The molecule has 2 bridgehead atoms. The van der Waals surface area contributed by atoms with Gasteiger partial charge in [-0.05, 0) is 80.0 Å². The third kappa shape index (κ3) is 3.12. The van der Waals surface area contributed by atoms with Crippen molar-refractivity contribution in [3.05, 3.63) is 59.7 Å². The van der Waals surface area contributed by atoms with Crippen molar-refractivity contribution in [2.24, 2.45) is 5.92 Å². The van der Waals surface area contributed by atoms with Crippen molar-refractivity contribution < 1.29 is 9.47 Å². The summed E-state index contributed by atoms with van der Waals surface area (Å²) in [6.07, 6.45) is 6.52. The molecule has 2 aromatic rings. The molecule has 2 aromatic carbocycles. The van der Waals surface area contributed by atoms with Crippen LogP contribution in [-0.4, -0.2) is 49.9 Å². The van der Waals surface area contributed by atoms with Crippen LogP contribution < -0.4 is 10.1 Å². The van der Waals surface area contributed by atoms with Gasteiger partial charge in [0.1, 0.15) is 5.75 Å². The molecule has 0 amide bonds. The van der Waals surface area contributed by atoms with Crippen LogP contribution in [0.15, 0.2) is 48.5 Å². The summed E-state index contributed by atoms with van der Waals surface area (Å²) in [7, 11) is 1.78. The van der Waals surface area contributed by atoms with Crippen molar-refractivity contribution in [3.8, 4) is 5.75 Å². The number of likely N-dealkylation sites (tertiary alicyclic amines) is 1. The van der Waals surface area contributed by atoms with E-state index in [1.165, 1.54) is 49.2 Å². The maximum atomic E-state index is 6.74. The van der Waals surface area contributed by atoms with E-state index in [1.807, 2.05) is 0 Å². The molecule has 4 aliphatic rings. The average molecular weight is 405 g/mol. The first kappa shape index (κ1) is 18.7. The smallest absolute Gasteiger partial charge is 0.119 e. The van der Waals surface area contributed by atoms with Crippen molar-refractivity contribution >= 4 is 5.69 Å². The van der Waals surface area contributed by atoms with Crippen LogP contribution in [0.1, 0.15) is 36.8 Å². The summed E-state index contributed by atoms with van der Waals surface area (Å²) in [5, 5.41) is 3.75. The summed E-state index contributed by atoms with van der Waals surface area (Å²) in [6, 6.07) is 18.2. The summed E-state index contributed by atoms with van der Waals surface area (Å²) >= 11 is 0. The van der Waals surface area contributed by atoms with Gasteiger partial charge in [-0.25, -0.2) is 0 Å². The van der Waals surface area contributed by atoms with Gasteiger partial charge in [-0.3, -0.25) is 4.90 Å². The third-order valence-corrected chi connectivity index (χ3v) is 7.91. The zero-order chi connectivity index (χ0) is 20.1. The largest absolute Gasteiger partial charge is 0.497 e. The van der Waals surface area contributed by atoms with Crippen LogP contribution in [0.25, 0.3) is 0 Å². The molecule has 4 unspecified atom stereocenters. The predicted octanol–water partition coefficient (Wildman–Crippen LogP) is 4.24. The summed E-state index contributed by atoms with van der Waals surface area (Å²) in [6.45, 7) is 3.24. The number of rotatable bonds is 5. The molecule has 2 aliphatic heterocycles. The van der Waals surface area contributed by atoms with Crippen LogP contribution in [0.4, 0.5) is 5.69 Å². The Labute approximate surface area is 179 Å². The first-order chi connectivity index (χ1) is 14.7. The summed E-state index contributed by atoms with van der Waals surface area (Å²) < 4.78 is 12.4. The number of piperidine rings is 1. The second-order valence-electron chi connectivity index (χ2n) is 9.80. The van der Waals surface area contributed by atoms with Gasteiger partial charge in [0.05, 0.1) is 25.9 Å². The maximum Gasteiger partial charge on any atom is 0.119 e. The van der Waals surface area contributed by atoms with Gasteiger partial charge in [0.2, 0.25) is 0 Å². The van der Waals surface area contributed by atoms with Gasteiger partial charge in [-0.1, -0.05) is 24.3 Å². The fraction of sp³-hybridized carbons (Fsp3) is 0.538. The molecule has 0 aromatic heterocycles. The SMILES string of the molecule is COc1ccc2c(c1)C13CCN(CC4CC4)C(C2)C1OCC(Nc1ccccc1)C3. The number of para-hydroxylation sites is 1. The minimum absolute atomic E-state index is 0.0809. The van der Waals surface area contributed by atoms with Crippen LogP contribution in [0.5, 0.6) is 5.75 Å². The van der Waals surface area contributed by atoms with E-state index in [1.54, 1.807) is 7.11 Å². The highest BCUT2D eigenvalue weighted by Gasteiger charge is 2.57. The van der Waals surface area contributed by atoms with E-state index in [4.69, 9.17) is 9.47 Å². The lowest BCUT2D eigenvalue weighted by Crippen LogP contribution is -2.67. The number of methoxy groups -OCH3 is 1. The molecule has 1 saturated carbocycles. The Morgan fingerprint density at radius 2 is 2.03 bits per heavy atom. The standard InChI is InChI=1S/C26H32N2O2/c1-29-22-10-9-19-13-24-25-26(23(19)14-22,11-12-28(24)16-18-7-8-18)15-21(17-30-25)27-20-5-3-2-4-6-20/h2-6,9-10,14,18,21,24-25,27H,7-8,11-13,15-17H2,1H3. The molecule has 0 spiro atoms. The van der Waals surface area contributed by atoms with Crippen molar-refractivity contribution in [2.45, 2.75) is 55.7 Å². The van der Waals surface area contributed by atoms with E-state index in [0.717, 1.165) is 31.1 Å². The monoisotopic (exact) mass is 404 g/mol. The maximum absolute atomic E-state index is 6.74. The average Bonchev–Trinajstić information content (AvgIpc) is 3.60. The van der Waals surface area contributed by atoms with Gasteiger partial charge in [-0.15, -0.1) is 0 Å². The fourth-order valence-electron chi connectivity index (χ4n) is 6.32. The molecule has 2 saturated heterocycles. The molecule has 158 valence electrons. The third-order valence-electron chi connectivity index (χ3n) is 7.91. The first-order valence-electron chi connectivity index (χ1n) is 11.6. The molecular weight excluding hydrogens is 372 g/mol. The minimum atomic E-state index is 0.0809. The number of fused-ring (bicyclic) bond motifs is 1. The highest BCUT2D eigenvalue weighted by molar-refractivity contribution is 5.48. The van der Waals surface area contributed by atoms with Crippen molar-refractivity contribution in [1.82, 2.24) is 4.90 Å². The number of hydrogen-bond acceptors (Lipinski definition) is 4. The highest BCUT2D eigenvalue weighted by atomic mass is 16.5. The Hall–Kier alpha value is -2.04. The van der Waals surface area contributed by atoms with Crippen LogP contribution in [0, 0.1) is 5.92 Å².